The number of nitrogens with zero attached hydrogens (tertiary/aromatic N) is 1. The number of hydrogen-bond acceptors (Lipinski definition) is 3. The lowest BCUT2D eigenvalue weighted by Crippen LogP contribution is -2.44. The van der Waals surface area contributed by atoms with E-state index in [4.69, 9.17) is 0 Å². The molecule has 1 aliphatic carbocycles. The molecule has 2 unspecified atom stereocenters. The largest absolute Gasteiger partial charge is 0.573 e. The zero-order valence-electron chi connectivity index (χ0n) is 14.9. The first-order valence-electron chi connectivity index (χ1n) is 9.21. The molecule has 2 saturated heterocycles. The highest BCUT2D eigenvalue weighted by molar-refractivity contribution is 5.85. The Morgan fingerprint density at radius 1 is 1.19 bits per heavy atom. The summed E-state index contributed by atoms with van der Waals surface area (Å²) in [5.41, 5.74) is 0.823. The van der Waals surface area contributed by atoms with Crippen molar-refractivity contribution in [2.45, 2.75) is 38.0 Å². The molecule has 27 heavy (non-hydrogen) atoms. The van der Waals surface area contributed by atoms with Gasteiger partial charge in [0.1, 0.15) is 5.75 Å². The van der Waals surface area contributed by atoms with E-state index in [0.29, 0.717) is 17.4 Å². The molecule has 4 nitrogen and oxygen atoms in total. The van der Waals surface area contributed by atoms with E-state index in [2.05, 4.69) is 10.1 Å². The predicted molar refractivity (Wildman–Crippen MR) is 97.0 cm³/mol. The normalized spacial score (nSPS) is 26.6. The molecule has 1 spiro atoms. The minimum absolute atomic E-state index is 0. The molecule has 1 aromatic carbocycles. The number of benzene rings is 1. The topological polar surface area (TPSA) is 41.6 Å². The zero-order valence-corrected chi connectivity index (χ0v) is 15.7. The van der Waals surface area contributed by atoms with Crippen LogP contribution in [0.15, 0.2) is 24.3 Å². The Kier molecular flexibility index (Phi) is 5.64. The smallest absolute Gasteiger partial charge is 0.405 e. The maximum atomic E-state index is 12.8. The summed E-state index contributed by atoms with van der Waals surface area (Å²) in [6.07, 6.45) is -0.932. The van der Waals surface area contributed by atoms with Gasteiger partial charge in [-0.15, -0.1) is 25.6 Å². The number of halogens is 4. The van der Waals surface area contributed by atoms with E-state index in [0.717, 1.165) is 39.0 Å². The maximum absolute atomic E-state index is 12.8. The van der Waals surface area contributed by atoms with Gasteiger partial charge >= 0.3 is 6.36 Å². The fourth-order valence-corrected chi connectivity index (χ4v) is 4.47. The van der Waals surface area contributed by atoms with Gasteiger partial charge in [0.2, 0.25) is 5.91 Å². The van der Waals surface area contributed by atoms with Crippen LogP contribution in [-0.2, 0) is 4.79 Å². The van der Waals surface area contributed by atoms with E-state index >= 15 is 0 Å². The fraction of sp³-hybridized carbons (Fsp3) is 0.632. The average Bonchev–Trinajstić information content (AvgIpc) is 3.27. The average molecular weight is 405 g/mol. The Morgan fingerprint density at radius 3 is 2.52 bits per heavy atom. The van der Waals surface area contributed by atoms with Crippen molar-refractivity contribution >= 4 is 18.3 Å². The van der Waals surface area contributed by atoms with Gasteiger partial charge in [-0.2, -0.15) is 0 Å². The first-order chi connectivity index (χ1) is 12.4. The highest BCUT2D eigenvalue weighted by atomic mass is 35.5. The van der Waals surface area contributed by atoms with Crippen LogP contribution in [0.1, 0.15) is 37.2 Å². The van der Waals surface area contributed by atoms with Crippen LogP contribution in [0.2, 0.25) is 0 Å². The van der Waals surface area contributed by atoms with E-state index in [9.17, 15) is 18.0 Å². The number of likely N-dealkylation sites (tertiary alicyclic amines) is 1. The predicted octanol–water partition coefficient (Wildman–Crippen LogP) is 3.71. The second-order valence-electron chi connectivity index (χ2n) is 7.79. The highest BCUT2D eigenvalue weighted by Crippen LogP contribution is 2.52. The lowest BCUT2D eigenvalue weighted by Gasteiger charge is -2.39. The second kappa shape index (κ2) is 7.51. The third-order valence-corrected chi connectivity index (χ3v) is 6.12. The number of ether oxygens (including phenoxy) is 1. The third kappa shape index (κ3) is 4.35. The van der Waals surface area contributed by atoms with Gasteiger partial charge in [-0.1, -0.05) is 18.2 Å². The van der Waals surface area contributed by atoms with Gasteiger partial charge in [0.25, 0.3) is 0 Å². The van der Waals surface area contributed by atoms with Gasteiger partial charge in [0, 0.05) is 25.6 Å². The van der Waals surface area contributed by atoms with E-state index < -0.39 is 6.36 Å². The second-order valence-corrected chi connectivity index (χ2v) is 7.79. The van der Waals surface area contributed by atoms with Crippen LogP contribution in [0.4, 0.5) is 13.2 Å². The number of hydrogen-bond donors (Lipinski definition) is 1. The van der Waals surface area contributed by atoms with Crippen molar-refractivity contribution in [3.05, 3.63) is 29.8 Å². The summed E-state index contributed by atoms with van der Waals surface area (Å²) >= 11 is 0. The molecule has 8 heteroatoms. The van der Waals surface area contributed by atoms with Crippen LogP contribution in [0.25, 0.3) is 0 Å². The number of nitrogens with one attached hydrogen (secondary N) is 1. The molecule has 150 valence electrons. The first kappa shape index (κ1) is 20.3. The monoisotopic (exact) mass is 404 g/mol. The molecular formula is C19H24ClF3N2O2. The molecule has 2 atom stereocenters. The van der Waals surface area contributed by atoms with Crippen molar-refractivity contribution in [3.8, 4) is 5.75 Å². The molecule has 1 N–H and O–H groups in total. The molecule has 3 aliphatic rings. The summed E-state index contributed by atoms with van der Waals surface area (Å²) in [6, 6.07) is 6.16. The molecule has 4 rings (SSSR count). The van der Waals surface area contributed by atoms with Crippen molar-refractivity contribution in [3.63, 3.8) is 0 Å². The Labute approximate surface area is 162 Å². The Bertz CT molecular complexity index is 682. The van der Waals surface area contributed by atoms with Gasteiger partial charge in [-0.05, 0) is 55.2 Å². The van der Waals surface area contributed by atoms with Crippen LogP contribution >= 0.6 is 12.4 Å². The third-order valence-electron chi connectivity index (χ3n) is 6.12. The Morgan fingerprint density at radius 2 is 1.89 bits per heavy atom. The van der Waals surface area contributed by atoms with Crippen molar-refractivity contribution in [1.29, 1.82) is 0 Å². The standard InChI is InChI=1S/C19H23F3N2O2.ClH/c20-19(21,22)26-16-4-2-1-3-13(16)14-11-15(14)17(25)24-9-6-18(7-10-24)5-8-23-12-18;/h1-4,14-15,23H,5-12H2;1H. The van der Waals surface area contributed by atoms with Crippen LogP contribution in [0, 0.1) is 11.3 Å². The zero-order chi connectivity index (χ0) is 18.4. The Balaban J connectivity index is 0.00000210. The summed E-state index contributed by atoms with van der Waals surface area (Å²) in [5.74, 6) is -0.499. The quantitative estimate of drug-likeness (QED) is 0.835. The number of piperidine rings is 1. The molecule has 1 amide bonds. The molecule has 1 saturated carbocycles. The molecule has 1 aromatic rings. The summed E-state index contributed by atoms with van der Waals surface area (Å²) in [4.78, 5) is 14.7. The molecule has 2 heterocycles. The highest BCUT2D eigenvalue weighted by Gasteiger charge is 2.49. The van der Waals surface area contributed by atoms with Gasteiger partial charge in [-0.25, -0.2) is 0 Å². The lowest BCUT2D eigenvalue weighted by molar-refractivity contribution is -0.274. The van der Waals surface area contributed by atoms with E-state index in [1.54, 1.807) is 12.1 Å². The van der Waals surface area contributed by atoms with Crippen molar-refractivity contribution < 1.29 is 22.7 Å². The van der Waals surface area contributed by atoms with Gasteiger partial charge in [0.15, 0.2) is 0 Å². The van der Waals surface area contributed by atoms with Gasteiger partial charge in [-0.3, -0.25) is 4.79 Å². The molecule has 3 fully saturated rings. The van der Waals surface area contributed by atoms with Crippen molar-refractivity contribution in [2.24, 2.45) is 11.3 Å². The number of carbonyl (C=O) groups excluding carboxylic acids is 1. The van der Waals surface area contributed by atoms with E-state index in [1.165, 1.54) is 18.6 Å². The summed E-state index contributed by atoms with van der Waals surface area (Å²) in [5, 5.41) is 3.41. The van der Waals surface area contributed by atoms with Crippen molar-refractivity contribution in [2.75, 3.05) is 26.2 Å². The van der Waals surface area contributed by atoms with E-state index in [1.807, 2.05) is 4.90 Å². The minimum atomic E-state index is -4.72. The molecule has 0 aromatic heterocycles. The number of para-hydroxylation sites is 1. The maximum Gasteiger partial charge on any atom is 0.573 e. The summed E-state index contributed by atoms with van der Waals surface area (Å²) < 4.78 is 41.9. The fourth-order valence-electron chi connectivity index (χ4n) is 4.47. The lowest BCUT2D eigenvalue weighted by atomic mass is 9.78. The van der Waals surface area contributed by atoms with Crippen LogP contribution in [-0.4, -0.2) is 43.3 Å². The molecular weight excluding hydrogens is 381 g/mol. The van der Waals surface area contributed by atoms with Crippen molar-refractivity contribution in [1.82, 2.24) is 10.2 Å². The molecule has 0 bridgehead atoms. The Hall–Kier alpha value is -1.47. The number of carbonyl (C=O) groups is 1. The summed E-state index contributed by atoms with van der Waals surface area (Å²) in [6.45, 7) is 3.59. The van der Waals surface area contributed by atoms with Gasteiger partial charge in [0.05, 0.1) is 0 Å². The summed E-state index contributed by atoms with van der Waals surface area (Å²) in [7, 11) is 0. The SMILES string of the molecule is Cl.O=C(C1CC1c1ccccc1OC(F)(F)F)N1CCC2(CCNC2)CC1. The van der Waals surface area contributed by atoms with Crippen LogP contribution in [0.3, 0.4) is 0 Å². The van der Waals surface area contributed by atoms with Crippen LogP contribution < -0.4 is 10.1 Å². The number of alkyl halides is 3. The first-order valence-corrected chi connectivity index (χ1v) is 9.21. The minimum Gasteiger partial charge on any atom is -0.405 e. The van der Waals surface area contributed by atoms with Crippen LogP contribution in [0.5, 0.6) is 5.75 Å². The molecule has 2 aliphatic heterocycles. The van der Waals surface area contributed by atoms with Gasteiger partial charge < -0.3 is 15.0 Å². The molecule has 0 radical (unpaired) electrons. The number of amides is 1. The van der Waals surface area contributed by atoms with E-state index in [-0.39, 0.29) is 35.9 Å². The number of rotatable bonds is 3.